The van der Waals surface area contributed by atoms with Gasteiger partial charge in [-0.1, -0.05) is 11.2 Å². The third-order valence-electron chi connectivity index (χ3n) is 2.31. The van der Waals surface area contributed by atoms with E-state index in [4.69, 9.17) is 10.9 Å². The second kappa shape index (κ2) is 5.46. The Morgan fingerprint density at radius 2 is 2.25 bits per heavy atom. The molecule has 0 aliphatic rings. The summed E-state index contributed by atoms with van der Waals surface area (Å²) in [6, 6.07) is 4.67. The summed E-state index contributed by atoms with van der Waals surface area (Å²) in [7, 11) is 1.85. The molecule has 1 aromatic rings. The van der Waals surface area contributed by atoms with Crippen LogP contribution in [0.15, 0.2) is 23.4 Å². The first-order valence-electron chi connectivity index (χ1n) is 4.93. The van der Waals surface area contributed by atoms with Gasteiger partial charge in [0.05, 0.1) is 6.54 Å². The molecule has 0 aliphatic carbocycles. The van der Waals surface area contributed by atoms with Crippen LogP contribution in [0.3, 0.4) is 0 Å². The van der Waals surface area contributed by atoms with E-state index in [-0.39, 0.29) is 11.7 Å². The zero-order chi connectivity index (χ0) is 12.1. The molecule has 0 heterocycles. The van der Waals surface area contributed by atoms with Crippen LogP contribution in [-0.4, -0.2) is 29.5 Å². The van der Waals surface area contributed by atoms with Crippen molar-refractivity contribution in [3.63, 3.8) is 0 Å². The van der Waals surface area contributed by atoms with E-state index in [0.717, 1.165) is 11.1 Å². The summed E-state index contributed by atoms with van der Waals surface area (Å²) in [6.07, 6.45) is 0. The van der Waals surface area contributed by atoms with Gasteiger partial charge in [-0.15, -0.1) is 0 Å². The molecule has 3 N–H and O–H groups in total. The number of nitrogens with zero attached hydrogens (tertiary/aromatic N) is 2. The Morgan fingerprint density at radius 3 is 2.81 bits per heavy atom. The van der Waals surface area contributed by atoms with Gasteiger partial charge in [0.15, 0.2) is 5.84 Å². The number of amidine groups is 1. The number of benzene rings is 1. The third kappa shape index (κ3) is 3.51. The number of hydrogen-bond donors (Lipinski definition) is 2. The van der Waals surface area contributed by atoms with E-state index in [0.29, 0.717) is 13.1 Å². The molecule has 0 atom stereocenters. The topological polar surface area (TPSA) is 61.8 Å². The van der Waals surface area contributed by atoms with Crippen LogP contribution in [0.4, 0.5) is 4.39 Å². The molecule has 16 heavy (non-hydrogen) atoms. The molecule has 0 amide bonds. The largest absolute Gasteiger partial charge is 0.409 e. The fourth-order valence-electron chi connectivity index (χ4n) is 1.49. The van der Waals surface area contributed by atoms with Crippen LogP contribution in [0.1, 0.15) is 11.1 Å². The fourth-order valence-corrected chi connectivity index (χ4v) is 1.49. The van der Waals surface area contributed by atoms with Crippen LogP contribution in [0.25, 0.3) is 0 Å². The minimum atomic E-state index is -0.236. The molecule has 0 saturated heterocycles. The summed E-state index contributed by atoms with van der Waals surface area (Å²) in [5, 5.41) is 11.3. The summed E-state index contributed by atoms with van der Waals surface area (Å²) in [5.41, 5.74) is 7.31. The van der Waals surface area contributed by atoms with Gasteiger partial charge < -0.3 is 10.9 Å². The van der Waals surface area contributed by atoms with Gasteiger partial charge in [-0.2, -0.15) is 0 Å². The first-order chi connectivity index (χ1) is 7.52. The van der Waals surface area contributed by atoms with Gasteiger partial charge >= 0.3 is 0 Å². The van der Waals surface area contributed by atoms with Crippen LogP contribution < -0.4 is 5.73 Å². The minimum Gasteiger partial charge on any atom is -0.409 e. The van der Waals surface area contributed by atoms with Crippen LogP contribution >= 0.6 is 0 Å². The Labute approximate surface area is 94.2 Å². The van der Waals surface area contributed by atoms with E-state index < -0.39 is 0 Å². The highest BCUT2D eigenvalue weighted by Gasteiger charge is 2.05. The number of likely N-dealkylation sites (N-methyl/N-ethyl adjacent to an activating group) is 1. The Balaban J connectivity index is 2.66. The molecule has 0 aromatic heterocycles. The Morgan fingerprint density at radius 1 is 1.56 bits per heavy atom. The number of rotatable bonds is 4. The molecule has 0 bridgehead atoms. The van der Waals surface area contributed by atoms with E-state index in [2.05, 4.69) is 5.16 Å². The lowest BCUT2D eigenvalue weighted by Gasteiger charge is -2.17. The van der Waals surface area contributed by atoms with Gasteiger partial charge in [0, 0.05) is 6.54 Å². The third-order valence-corrected chi connectivity index (χ3v) is 2.31. The standard InChI is InChI=1S/C11H16FN3O/c1-8-5-10(12)4-3-9(8)6-15(2)7-11(13)14-16/h3-5,16H,6-7H2,1-2H3,(H2,13,14). The predicted octanol–water partition coefficient (Wildman–Crippen LogP) is 1.31. The Kier molecular flexibility index (Phi) is 4.25. The summed E-state index contributed by atoms with van der Waals surface area (Å²) in [6.45, 7) is 2.85. The monoisotopic (exact) mass is 225 g/mol. The number of nitrogens with two attached hydrogens (primary N) is 1. The number of aryl methyl sites for hydroxylation is 1. The second-order valence-corrected chi connectivity index (χ2v) is 3.83. The fraction of sp³-hybridized carbons (Fsp3) is 0.364. The SMILES string of the molecule is Cc1cc(F)ccc1CN(C)C/C(N)=N/O. The normalized spacial score (nSPS) is 12.1. The molecule has 0 saturated carbocycles. The molecular weight excluding hydrogens is 209 g/mol. The molecule has 88 valence electrons. The van der Waals surface area contributed by atoms with Crippen molar-refractivity contribution in [3.05, 3.63) is 35.1 Å². The second-order valence-electron chi connectivity index (χ2n) is 3.83. The van der Waals surface area contributed by atoms with Crippen LogP contribution in [0.5, 0.6) is 0 Å². The van der Waals surface area contributed by atoms with E-state index in [1.54, 1.807) is 6.07 Å². The first-order valence-corrected chi connectivity index (χ1v) is 4.93. The van der Waals surface area contributed by atoms with Crippen molar-refractivity contribution < 1.29 is 9.60 Å². The number of hydrogen-bond acceptors (Lipinski definition) is 3. The maximum absolute atomic E-state index is 12.9. The average Bonchev–Trinajstić information content (AvgIpc) is 2.22. The molecule has 0 fully saturated rings. The number of halogens is 1. The maximum Gasteiger partial charge on any atom is 0.153 e. The van der Waals surface area contributed by atoms with E-state index >= 15 is 0 Å². The van der Waals surface area contributed by atoms with E-state index in [1.165, 1.54) is 12.1 Å². The van der Waals surface area contributed by atoms with Crippen molar-refractivity contribution >= 4 is 5.84 Å². The smallest absolute Gasteiger partial charge is 0.153 e. The summed E-state index contributed by atoms with van der Waals surface area (Å²) in [5.74, 6) is -0.0809. The van der Waals surface area contributed by atoms with Crippen LogP contribution in [0, 0.1) is 12.7 Å². The lowest BCUT2D eigenvalue weighted by molar-refractivity contribution is 0.308. The van der Waals surface area contributed by atoms with E-state index in [9.17, 15) is 4.39 Å². The summed E-state index contributed by atoms with van der Waals surface area (Å²) in [4.78, 5) is 1.88. The molecule has 5 heteroatoms. The minimum absolute atomic E-state index is 0.155. The Hall–Kier alpha value is -1.62. The molecule has 0 unspecified atom stereocenters. The maximum atomic E-state index is 12.9. The molecule has 1 rings (SSSR count). The van der Waals surface area contributed by atoms with Gasteiger partial charge in [-0.3, -0.25) is 4.90 Å². The van der Waals surface area contributed by atoms with Crippen molar-refractivity contribution in [2.24, 2.45) is 10.9 Å². The molecule has 1 aromatic carbocycles. The first kappa shape index (κ1) is 12.4. The van der Waals surface area contributed by atoms with Crippen molar-refractivity contribution in [1.29, 1.82) is 0 Å². The van der Waals surface area contributed by atoms with Gasteiger partial charge in [0.2, 0.25) is 0 Å². The summed E-state index contributed by atoms with van der Waals surface area (Å²) < 4.78 is 12.9. The van der Waals surface area contributed by atoms with Crippen molar-refractivity contribution in [2.45, 2.75) is 13.5 Å². The molecule has 0 aliphatic heterocycles. The quantitative estimate of drug-likeness (QED) is 0.351. The number of oxime groups is 1. The zero-order valence-electron chi connectivity index (χ0n) is 9.44. The average molecular weight is 225 g/mol. The van der Waals surface area contributed by atoms with Gasteiger partial charge in [0.25, 0.3) is 0 Å². The molecule has 0 spiro atoms. The Bertz CT molecular complexity index is 393. The van der Waals surface area contributed by atoms with Gasteiger partial charge in [-0.05, 0) is 37.2 Å². The lowest BCUT2D eigenvalue weighted by atomic mass is 10.1. The van der Waals surface area contributed by atoms with Crippen LogP contribution in [0.2, 0.25) is 0 Å². The van der Waals surface area contributed by atoms with Crippen molar-refractivity contribution in [3.8, 4) is 0 Å². The van der Waals surface area contributed by atoms with E-state index in [1.807, 2.05) is 18.9 Å². The molecular formula is C11H16FN3O. The predicted molar refractivity (Wildman–Crippen MR) is 60.9 cm³/mol. The highest BCUT2D eigenvalue weighted by atomic mass is 19.1. The van der Waals surface area contributed by atoms with Crippen molar-refractivity contribution in [1.82, 2.24) is 4.90 Å². The van der Waals surface area contributed by atoms with Gasteiger partial charge in [0.1, 0.15) is 5.82 Å². The van der Waals surface area contributed by atoms with Crippen LogP contribution in [-0.2, 0) is 6.54 Å². The van der Waals surface area contributed by atoms with Crippen molar-refractivity contribution in [2.75, 3.05) is 13.6 Å². The molecule has 4 nitrogen and oxygen atoms in total. The zero-order valence-corrected chi connectivity index (χ0v) is 9.44. The highest BCUT2D eigenvalue weighted by molar-refractivity contribution is 5.81. The summed E-state index contributed by atoms with van der Waals surface area (Å²) >= 11 is 0. The van der Waals surface area contributed by atoms with Gasteiger partial charge in [-0.25, -0.2) is 4.39 Å². The lowest BCUT2D eigenvalue weighted by Crippen LogP contribution is -2.30. The highest BCUT2D eigenvalue weighted by Crippen LogP contribution is 2.11. The molecule has 0 radical (unpaired) electrons.